The molecule has 0 aliphatic rings. The smallest absolute Gasteiger partial charge is 0.323 e. The molecule has 0 aromatic heterocycles. The first kappa shape index (κ1) is 11.2. The van der Waals surface area contributed by atoms with Crippen molar-refractivity contribution >= 4 is 21.9 Å². The summed E-state index contributed by atoms with van der Waals surface area (Å²) >= 11 is 3.23. The zero-order valence-electron chi connectivity index (χ0n) is 7.22. The van der Waals surface area contributed by atoms with E-state index in [2.05, 4.69) is 15.9 Å². The lowest BCUT2D eigenvalue weighted by atomic mass is 10.0. The number of carbonyl (C=O) groups is 1. The Morgan fingerprint density at radius 1 is 1.36 bits per heavy atom. The number of hydrogen-bond donors (Lipinski definition) is 3. The highest BCUT2D eigenvalue weighted by Gasteiger charge is 2.23. The number of carboxylic acid groups (broad SMARTS) is 1. The van der Waals surface area contributed by atoms with Gasteiger partial charge in [0.15, 0.2) is 0 Å². The molecule has 0 amide bonds. The minimum absolute atomic E-state index is 0.489. The van der Waals surface area contributed by atoms with Crippen LogP contribution >= 0.6 is 15.9 Å². The monoisotopic (exact) mass is 259 g/mol. The molecule has 5 heteroatoms. The molecule has 0 spiro atoms. The number of rotatable bonds is 3. The SMILES string of the molecule is N[C@H](C(=O)O)C(O)c1ccc(Br)cc1. The predicted molar refractivity (Wildman–Crippen MR) is 54.7 cm³/mol. The van der Waals surface area contributed by atoms with E-state index in [0.29, 0.717) is 5.56 Å². The molecule has 0 saturated heterocycles. The Bertz CT molecular complexity index is 325. The van der Waals surface area contributed by atoms with Crippen LogP contribution in [0.25, 0.3) is 0 Å². The summed E-state index contributed by atoms with van der Waals surface area (Å²) < 4.78 is 0.859. The molecule has 4 nitrogen and oxygen atoms in total. The quantitative estimate of drug-likeness (QED) is 0.753. The third-order valence-corrected chi connectivity index (χ3v) is 2.37. The molecule has 76 valence electrons. The van der Waals surface area contributed by atoms with Gasteiger partial charge in [-0.05, 0) is 17.7 Å². The topological polar surface area (TPSA) is 83.6 Å². The molecule has 1 rings (SSSR count). The summed E-state index contributed by atoms with van der Waals surface area (Å²) in [4.78, 5) is 10.5. The Kier molecular flexibility index (Phi) is 3.62. The number of carboxylic acids is 1. The maximum atomic E-state index is 10.5. The van der Waals surface area contributed by atoms with Gasteiger partial charge >= 0.3 is 5.97 Å². The molecule has 0 radical (unpaired) electrons. The Morgan fingerprint density at radius 2 is 1.86 bits per heavy atom. The molecule has 1 unspecified atom stereocenters. The molecule has 0 heterocycles. The number of halogens is 1. The van der Waals surface area contributed by atoms with Crippen LogP contribution in [0.15, 0.2) is 28.7 Å². The highest BCUT2D eigenvalue weighted by molar-refractivity contribution is 9.10. The van der Waals surface area contributed by atoms with Crippen LogP contribution in [0.1, 0.15) is 11.7 Å². The Morgan fingerprint density at radius 3 is 2.29 bits per heavy atom. The van der Waals surface area contributed by atoms with E-state index < -0.39 is 18.1 Å². The molecule has 0 aliphatic carbocycles. The van der Waals surface area contributed by atoms with Gasteiger partial charge in [0.1, 0.15) is 12.1 Å². The average Bonchev–Trinajstić information content (AvgIpc) is 2.16. The Hall–Kier alpha value is -0.910. The lowest BCUT2D eigenvalue weighted by molar-refractivity contribution is -0.141. The maximum Gasteiger partial charge on any atom is 0.323 e. The van der Waals surface area contributed by atoms with Crippen molar-refractivity contribution in [3.63, 3.8) is 0 Å². The van der Waals surface area contributed by atoms with Crippen LogP contribution in [0.3, 0.4) is 0 Å². The standard InChI is InChI=1S/C9H10BrNO3/c10-6-3-1-5(2-4-6)8(12)7(11)9(13)14/h1-4,7-8,12H,11H2,(H,13,14)/t7-,8?/m0/s1. The van der Waals surface area contributed by atoms with Gasteiger partial charge in [0.05, 0.1) is 0 Å². The van der Waals surface area contributed by atoms with E-state index in [0.717, 1.165) is 4.47 Å². The molecule has 0 bridgehead atoms. The lowest BCUT2D eigenvalue weighted by Gasteiger charge is -2.14. The van der Waals surface area contributed by atoms with Gasteiger partial charge in [-0.15, -0.1) is 0 Å². The zero-order valence-corrected chi connectivity index (χ0v) is 8.81. The van der Waals surface area contributed by atoms with Crippen LogP contribution < -0.4 is 5.73 Å². The molecule has 4 N–H and O–H groups in total. The molecule has 0 saturated carbocycles. The van der Waals surface area contributed by atoms with Crippen LogP contribution in [0.5, 0.6) is 0 Å². The predicted octanol–water partition coefficient (Wildman–Crippen LogP) is 0.894. The number of hydrogen-bond acceptors (Lipinski definition) is 3. The van der Waals surface area contributed by atoms with Crippen LogP contribution in [-0.4, -0.2) is 22.2 Å². The Balaban J connectivity index is 2.84. The zero-order chi connectivity index (χ0) is 10.7. The molecule has 0 aliphatic heterocycles. The van der Waals surface area contributed by atoms with Crippen molar-refractivity contribution in [3.8, 4) is 0 Å². The maximum absolute atomic E-state index is 10.5. The van der Waals surface area contributed by atoms with Crippen molar-refractivity contribution in [2.75, 3.05) is 0 Å². The number of aliphatic carboxylic acids is 1. The molecular weight excluding hydrogens is 250 g/mol. The van der Waals surface area contributed by atoms with Gasteiger partial charge < -0.3 is 15.9 Å². The highest BCUT2D eigenvalue weighted by Crippen LogP contribution is 2.18. The van der Waals surface area contributed by atoms with Crippen LogP contribution in [0.4, 0.5) is 0 Å². The summed E-state index contributed by atoms with van der Waals surface area (Å²) in [5, 5.41) is 18.1. The van der Waals surface area contributed by atoms with E-state index in [4.69, 9.17) is 10.8 Å². The second-order valence-electron chi connectivity index (χ2n) is 2.86. The minimum atomic E-state index is -1.30. The molecule has 1 aromatic rings. The average molecular weight is 260 g/mol. The highest BCUT2D eigenvalue weighted by atomic mass is 79.9. The van der Waals surface area contributed by atoms with Gasteiger partial charge in [0, 0.05) is 4.47 Å². The van der Waals surface area contributed by atoms with E-state index in [1.54, 1.807) is 24.3 Å². The summed E-state index contributed by atoms with van der Waals surface area (Å²) in [6.07, 6.45) is -1.18. The summed E-state index contributed by atoms with van der Waals surface area (Å²) in [5.41, 5.74) is 5.76. The van der Waals surface area contributed by atoms with Crippen molar-refractivity contribution in [3.05, 3.63) is 34.3 Å². The number of benzene rings is 1. The first-order valence-electron chi connectivity index (χ1n) is 3.94. The molecule has 14 heavy (non-hydrogen) atoms. The fourth-order valence-electron chi connectivity index (χ4n) is 1.00. The van der Waals surface area contributed by atoms with Crippen LogP contribution in [0, 0.1) is 0 Å². The van der Waals surface area contributed by atoms with E-state index in [1.807, 2.05) is 0 Å². The number of aliphatic hydroxyl groups is 1. The van der Waals surface area contributed by atoms with E-state index in [9.17, 15) is 9.90 Å². The molecule has 0 fully saturated rings. The van der Waals surface area contributed by atoms with Gasteiger partial charge in [0.25, 0.3) is 0 Å². The lowest BCUT2D eigenvalue weighted by Crippen LogP contribution is -2.36. The Labute approximate surface area is 89.5 Å². The third kappa shape index (κ3) is 2.54. The fourth-order valence-corrected chi connectivity index (χ4v) is 1.27. The van der Waals surface area contributed by atoms with E-state index >= 15 is 0 Å². The normalized spacial score (nSPS) is 14.8. The van der Waals surface area contributed by atoms with Gasteiger partial charge in [-0.3, -0.25) is 4.79 Å². The third-order valence-electron chi connectivity index (χ3n) is 1.84. The van der Waals surface area contributed by atoms with Gasteiger partial charge in [-0.2, -0.15) is 0 Å². The van der Waals surface area contributed by atoms with Gasteiger partial charge in [-0.25, -0.2) is 0 Å². The van der Waals surface area contributed by atoms with E-state index in [1.165, 1.54) is 0 Å². The van der Waals surface area contributed by atoms with Crippen molar-refractivity contribution in [1.82, 2.24) is 0 Å². The molecule has 1 aromatic carbocycles. The summed E-state index contributed by atoms with van der Waals surface area (Å²) in [6.45, 7) is 0. The second-order valence-corrected chi connectivity index (χ2v) is 3.78. The van der Waals surface area contributed by atoms with Crippen molar-refractivity contribution in [2.24, 2.45) is 5.73 Å². The molecule has 2 atom stereocenters. The summed E-state index contributed by atoms with van der Waals surface area (Å²) in [7, 11) is 0. The minimum Gasteiger partial charge on any atom is -0.480 e. The van der Waals surface area contributed by atoms with Gasteiger partial charge in [-0.1, -0.05) is 28.1 Å². The second kappa shape index (κ2) is 4.54. The summed E-state index contributed by atoms with van der Waals surface area (Å²) in [6, 6.07) is 5.38. The fraction of sp³-hybridized carbons (Fsp3) is 0.222. The van der Waals surface area contributed by atoms with Crippen molar-refractivity contribution in [1.29, 1.82) is 0 Å². The van der Waals surface area contributed by atoms with Gasteiger partial charge in [0.2, 0.25) is 0 Å². The van der Waals surface area contributed by atoms with Crippen molar-refractivity contribution in [2.45, 2.75) is 12.1 Å². The molecular formula is C9H10BrNO3. The van der Waals surface area contributed by atoms with E-state index in [-0.39, 0.29) is 0 Å². The number of aliphatic hydroxyl groups excluding tert-OH is 1. The number of nitrogens with two attached hydrogens (primary N) is 1. The first-order chi connectivity index (χ1) is 6.52. The van der Waals surface area contributed by atoms with Crippen molar-refractivity contribution < 1.29 is 15.0 Å². The van der Waals surface area contributed by atoms with Crippen LogP contribution in [-0.2, 0) is 4.79 Å². The first-order valence-corrected chi connectivity index (χ1v) is 4.73. The van der Waals surface area contributed by atoms with Crippen LogP contribution in [0.2, 0.25) is 0 Å². The largest absolute Gasteiger partial charge is 0.480 e. The summed E-state index contributed by atoms with van der Waals surface area (Å²) in [5.74, 6) is -1.22.